The lowest BCUT2D eigenvalue weighted by molar-refractivity contribution is -0.114. The Morgan fingerprint density at radius 2 is 2.08 bits per heavy atom. The molecule has 1 aromatic rings. The van der Waals surface area contributed by atoms with Crippen molar-refractivity contribution in [3.05, 3.63) is 23.8 Å². The number of carbonyl (C=O) groups excluding carboxylic acids is 1. The zero-order valence-corrected chi connectivity index (χ0v) is 7.59. The molecule has 0 aliphatic carbocycles. The molecule has 0 bridgehead atoms. The molecule has 1 aromatic carbocycles. The number of hydrogen-bond acceptors (Lipinski definition) is 3. The lowest BCUT2D eigenvalue weighted by Crippen LogP contribution is -2.08. The molecule has 13 heavy (non-hydrogen) atoms. The Bertz CT molecular complexity index is 323. The Morgan fingerprint density at radius 1 is 1.38 bits per heavy atom. The molecule has 0 aromatic heterocycles. The van der Waals surface area contributed by atoms with Gasteiger partial charge in [-0.25, -0.2) is 0 Å². The van der Waals surface area contributed by atoms with Crippen molar-refractivity contribution in [3.63, 3.8) is 0 Å². The molecule has 0 fully saturated rings. The summed E-state index contributed by atoms with van der Waals surface area (Å²) in [6.07, 6.45) is 0. The number of amides is 1. The number of rotatable bonds is 2. The zero-order valence-electron chi connectivity index (χ0n) is 7.59. The highest BCUT2D eigenvalue weighted by molar-refractivity contribution is 5.92. The number of nitrogens with one attached hydrogen (secondary N) is 2. The molecule has 3 N–H and O–H groups in total. The highest BCUT2D eigenvalue weighted by atomic mass is 16.5. The van der Waals surface area contributed by atoms with Gasteiger partial charge in [0.25, 0.3) is 0 Å². The van der Waals surface area contributed by atoms with E-state index in [0.29, 0.717) is 11.4 Å². The summed E-state index contributed by atoms with van der Waals surface area (Å²) in [5.41, 5.74) is 4.10. The van der Waals surface area contributed by atoms with Crippen molar-refractivity contribution >= 4 is 17.3 Å². The fourth-order valence-electron chi connectivity index (χ4n) is 1.05. The lowest BCUT2D eigenvalue weighted by atomic mass is 10.2. The molecule has 1 amide bonds. The molecule has 4 nitrogen and oxygen atoms in total. The number of aryl methyl sites for hydroxylation is 1. The fourth-order valence-corrected chi connectivity index (χ4v) is 1.05. The van der Waals surface area contributed by atoms with Crippen molar-refractivity contribution in [2.24, 2.45) is 0 Å². The Morgan fingerprint density at radius 3 is 2.62 bits per heavy atom. The van der Waals surface area contributed by atoms with Gasteiger partial charge in [-0.3, -0.25) is 15.5 Å². The number of hydrogen-bond donors (Lipinski definition) is 3. The maximum absolute atomic E-state index is 10.7. The third-order valence-electron chi connectivity index (χ3n) is 1.61. The van der Waals surface area contributed by atoms with Crippen LogP contribution in [-0.4, -0.2) is 11.1 Å². The van der Waals surface area contributed by atoms with E-state index in [4.69, 9.17) is 5.21 Å². The summed E-state index contributed by atoms with van der Waals surface area (Å²) in [5.74, 6) is -0.166. The van der Waals surface area contributed by atoms with Gasteiger partial charge in [0.2, 0.25) is 5.91 Å². The second-order valence-electron chi connectivity index (χ2n) is 2.84. The summed E-state index contributed by atoms with van der Waals surface area (Å²) in [7, 11) is 0. The summed E-state index contributed by atoms with van der Waals surface area (Å²) in [5, 5.41) is 11.3. The monoisotopic (exact) mass is 180 g/mol. The molecular weight excluding hydrogens is 168 g/mol. The van der Waals surface area contributed by atoms with Crippen LogP contribution < -0.4 is 10.8 Å². The quantitative estimate of drug-likeness (QED) is 0.607. The van der Waals surface area contributed by atoms with Crippen molar-refractivity contribution in [2.45, 2.75) is 13.8 Å². The van der Waals surface area contributed by atoms with Gasteiger partial charge in [-0.05, 0) is 24.6 Å². The molecule has 0 heterocycles. The predicted octanol–water partition coefficient (Wildman–Crippen LogP) is 1.75. The largest absolute Gasteiger partial charge is 0.324 e. The Labute approximate surface area is 76.5 Å². The highest BCUT2D eigenvalue weighted by Crippen LogP contribution is 2.21. The Balaban J connectivity index is 2.99. The minimum atomic E-state index is -0.166. The van der Waals surface area contributed by atoms with E-state index in [1.807, 2.05) is 18.5 Å². The molecule has 0 radical (unpaired) electrons. The molecular formula is C9H12N2O2. The maximum atomic E-state index is 10.7. The average Bonchev–Trinajstić information content (AvgIpc) is 2.07. The number of carbonyl (C=O) groups is 1. The first-order valence-corrected chi connectivity index (χ1v) is 3.92. The van der Waals surface area contributed by atoms with Gasteiger partial charge in [0.05, 0.1) is 11.4 Å². The van der Waals surface area contributed by atoms with Crippen LogP contribution in [0.3, 0.4) is 0 Å². The van der Waals surface area contributed by atoms with Crippen LogP contribution in [0.4, 0.5) is 11.4 Å². The molecule has 0 aliphatic rings. The second kappa shape index (κ2) is 3.91. The van der Waals surface area contributed by atoms with Gasteiger partial charge < -0.3 is 5.32 Å². The standard InChI is InChI=1S/C9H12N2O2/c1-6-3-4-8(10-7(2)12)9(5-6)11-13/h3-5,11,13H,1-2H3,(H,10,12). The fraction of sp³-hybridized carbons (Fsp3) is 0.222. The smallest absolute Gasteiger partial charge is 0.221 e. The molecule has 70 valence electrons. The molecule has 0 atom stereocenters. The summed E-state index contributed by atoms with van der Waals surface area (Å²) in [6, 6.07) is 5.33. The van der Waals surface area contributed by atoms with E-state index >= 15 is 0 Å². The van der Waals surface area contributed by atoms with Crippen LogP contribution in [0, 0.1) is 6.92 Å². The Hall–Kier alpha value is -1.55. The second-order valence-corrected chi connectivity index (χ2v) is 2.84. The van der Waals surface area contributed by atoms with Crippen molar-refractivity contribution in [2.75, 3.05) is 10.8 Å². The van der Waals surface area contributed by atoms with Gasteiger partial charge in [-0.15, -0.1) is 0 Å². The number of anilines is 2. The molecule has 0 aliphatic heterocycles. The highest BCUT2D eigenvalue weighted by Gasteiger charge is 2.02. The van der Waals surface area contributed by atoms with Crippen molar-refractivity contribution in [1.29, 1.82) is 0 Å². The van der Waals surface area contributed by atoms with Gasteiger partial charge in [0.15, 0.2) is 0 Å². The van der Waals surface area contributed by atoms with Gasteiger partial charge in [0, 0.05) is 6.92 Å². The summed E-state index contributed by atoms with van der Waals surface area (Å²) >= 11 is 0. The van der Waals surface area contributed by atoms with Crippen LogP contribution >= 0.6 is 0 Å². The van der Waals surface area contributed by atoms with Crippen LogP contribution in [0.15, 0.2) is 18.2 Å². The van der Waals surface area contributed by atoms with Crippen LogP contribution in [0.2, 0.25) is 0 Å². The maximum Gasteiger partial charge on any atom is 0.221 e. The van der Waals surface area contributed by atoms with E-state index in [1.165, 1.54) is 6.92 Å². The van der Waals surface area contributed by atoms with Crippen LogP contribution in [0.25, 0.3) is 0 Å². The molecule has 1 rings (SSSR count). The van der Waals surface area contributed by atoms with Gasteiger partial charge in [-0.2, -0.15) is 0 Å². The first kappa shape index (κ1) is 9.54. The predicted molar refractivity (Wildman–Crippen MR) is 50.9 cm³/mol. The SMILES string of the molecule is CC(=O)Nc1ccc(C)cc1NO. The van der Waals surface area contributed by atoms with E-state index in [9.17, 15) is 4.79 Å². The third-order valence-corrected chi connectivity index (χ3v) is 1.61. The topological polar surface area (TPSA) is 61.4 Å². The zero-order chi connectivity index (χ0) is 9.84. The normalized spacial score (nSPS) is 9.46. The molecule has 0 saturated heterocycles. The van der Waals surface area contributed by atoms with Crippen molar-refractivity contribution in [3.8, 4) is 0 Å². The van der Waals surface area contributed by atoms with E-state index in [-0.39, 0.29) is 5.91 Å². The minimum Gasteiger partial charge on any atom is -0.324 e. The first-order chi connectivity index (χ1) is 6.13. The van der Waals surface area contributed by atoms with E-state index in [1.54, 1.807) is 12.1 Å². The molecule has 0 unspecified atom stereocenters. The first-order valence-electron chi connectivity index (χ1n) is 3.92. The van der Waals surface area contributed by atoms with E-state index in [0.717, 1.165) is 5.56 Å². The van der Waals surface area contributed by atoms with Crippen LogP contribution in [0.1, 0.15) is 12.5 Å². The summed E-state index contributed by atoms with van der Waals surface area (Å²) < 4.78 is 0. The lowest BCUT2D eigenvalue weighted by Gasteiger charge is -2.08. The number of benzene rings is 1. The van der Waals surface area contributed by atoms with Crippen molar-refractivity contribution in [1.82, 2.24) is 0 Å². The Kier molecular flexibility index (Phi) is 2.87. The summed E-state index contributed by atoms with van der Waals surface area (Å²) in [4.78, 5) is 10.7. The van der Waals surface area contributed by atoms with Gasteiger partial charge in [0.1, 0.15) is 0 Å². The van der Waals surface area contributed by atoms with Crippen molar-refractivity contribution < 1.29 is 10.0 Å². The third kappa shape index (κ3) is 2.45. The van der Waals surface area contributed by atoms with Gasteiger partial charge in [-0.1, -0.05) is 6.07 Å². The van der Waals surface area contributed by atoms with Gasteiger partial charge >= 0.3 is 0 Å². The average molecular weight is 180 g/mol. The van der Waals surface area contributed by atoms with E-state index < -0.39 is 0 Å². The van der Waals surface area contributed by atoms with E-state index in [2.05, 4.69) is 5.32 Å². The van der Waals surface area contributed by atoms with Crippen LogP contribution in [0.5, 0.6) is 0 Å². The summed E-state index contributed by atoms with van der Waals surface area (Å²) in [6.45, 7) is 3.32. The molecule has 0 saturated carbocycles. The van der Waals surface area contributed by atoms with Crippen LogP contribution in [-0.2, 0) is 4.79 Å². The molecule has 4 heteroatoms. The minimum absolute atomic E-state index is 0.166. The molecule has 0 spiro atoms.